The molecule has 0 bridgehead atoms. The summed E-state index contributed by atoms with van der Waals surface area (Å²) < 4.78 is 0. The van der Waals surface area contributed by atoms with Gasteiger partial charge in [-0.25, -0.2) is 0 Å². The molecule has 0 N–H and O–H groups in total. The highest BCUT2D eigenvalue weighted by Crippen LogP contribution is 2.17. The first-order valence-electron chi connectivity index (χ1n) is 6.99. The van der Waals surface area contributed by atoms with Gasteiger partial charge >= 0.3 is 0 Å². The average molecular weight is 260 g/mol. The van der Waals surface area contributed by atoms with E-state index in [1.165, 1.54) is 0 Å². The molecule has 19 heavy (non-hydrogen) atoms. The predicted octanol–water partition coefficient (Wildman–Crippen LogP) is 2.55. The summed E-state index contributed by atoms with van der Waals surface area (Å²) in [6.07, 6.45) is 0. The number of amides is 1. The number of carbonyl (C=O) groups excluding carboxylic acids is 1. The zero-order chi connectivity index (χ0) is 14.0. The van der Waals surface area contributed by atoms with E-state index in [-0.39, 0.29) is 11.4 Å². The molecule has 0 saturated carbocycles. The zero-order valence-electron chi connectivity index (χ0n) is 12.4. The van der Waals surface area contributed by atoms with Crippen LogP contribution in [-0.2, 0) is 0 Å². The van der Waals surface area contributed by atoms with Crippen molar-refractivity contribution in [1.82, 2.24) is 9.80 Å². The summed E-state index contributed by atoms with van der Waals surface area (Å²) >= 11 is 0. The molecule has 1 aliphatic rings. The number of hydrogen-bond donors (Lipinski definition) is 0. The fourth-order valence-corrected chi connectivity index (χ4v) is 2.54. The fraction of sp³-hybridized carbons (Fsp3) is 0.562. The van der Waals surface area contributed by atoms with Crippen molar-refractivity contribution in [2.45, 2.75) is 33.2 Å². The number of piperazine rings is 1. The molecular formula is C16H24N2O. The fourth-order valence-electron chi connectivity index (χ4n) is 2.54. The van der Waals surface area contributed by atoms with Gasteiger partial charge in [-0.2, -0.15) is 0 Å². The molecule has 2 rings (SSSR count). The Morgan fingerprint density at radius 2 is 1.74 bits per heavy atom. The van der Waals surface area contributed by atoms with Gasteiger partial charge in [-0.05, 0) is 39.8 Å². The summed E-state index contributed by atoms with van der Waals surface area (Å²) in [5, 5.41) is 0. The topological polar surface area (TPSA) is 23.6 Å². The molecule has 104 valence electrons. The predicted molar refractivity (Wildman–Crippen MR) is 78.4 cm³/mol. The molecule has 0 spiro atoms. The van der Waals surface area contributed by atoms with E-state index in [1.54, 1.807) is 0 Å². The largest absolute Gasteiger partial charge is 0.336 e. The van der Waals surface area contributed by atoms with Gasteiger partial charge in [-0.1, -0.05) is 17.7 Å². The zero-order valence-corrected chi connectivity index (χ0v) is 12.4. The molecule has 1 heterocycles. The van der Waals surface area contributed by atoms with Gasteiger partial charge in [-0.3, -0.25) is 9.69 Å². The number of aryl methyl sites for hydroxylation is 1. The van der Waals surface area contributed by atoms with Crippen LogP contribution in [0.5, 0.6) is 0 Å². The molecular weight excluding hydrogens is 236 g/mol. The molecule has 0 unspecified atom stereocenters. The maximum atomic E-state index is 12.4. The Morgan fingerprint density at radius 1 is 1.11 bits per heavy atom. The smallest absolute Gasteiger partial charge is 0.253 e. The Kier molecular flexibility index (Phi) is 3.95. The van der Waals surface area contributed by atoms with Crippen LogP contribution in [-0.4, -0.2) is 47.4 Å². The second kappa shape index (κ2) is 5.33. The highest BCUT2D eigenvalue weighted by molar-refractivity contribution is 5.94. The van der Waals surface area contributed by atoms with Crippen molar-refractivity contribution in [2.24, 2.45) is 0 Å². The van der Waals surface area contributed by atoms with Crippen molar-refractivity contribution in [3.05, 3.63) is 35.4 Å². The van der Waals surface area contributed by atoms with E-state index < -0.39 is 0 Å². The lowest BCUT2D eigenvalue weighted by Crippen LogP contribution is -2.54. The van der Waals surface area contributed by atoms with Crippen LogP contribution in [0.2, 0.25) is 0 Å². The Labute approximate surface area is 116 Å². The lowest BCUT2D eigenvalue weighted by atomic mass is 10.0. The van der Waals surface area contributed by atoms with E-state index in [9.17, 15) is 4.79 Å². The van der Waals surface area contributed by atoms with Crippen LogP contribution in [0.1, 0.15) is 36.7 Å². The van der Waals surface area contributed by atoms with Gasteiger partial charge in [-0.15, -0.1) is 0 Å². The first kappa shape index (κ1) is 14.1. The summed E-state index contributed by atoms with van der Waals surface area (Å²) in [6, 6.07) is 7.85. The molecule has 0 aliphatic carbocycles. The number of benzene rings is 1. The van der Waals surface area contributed by atoms with Crippen LogP contribution < -0.4 is 0 Å². The quantitative estimate of drug-likeness (QED) is 0.775. The van der Waals surface area contributed by atoms with Gasteiger partial charge in [0.2, 0.25) is 0 Å². The number of nitrogens with zero attached hydrogens (tertiary/aromatic N) is 2. The Morgan fingerprint density at radius 3 is 2.26 bits per heavy atom. The number of hydrogen-bond acceptors (Lipinski definition) is 2. The van der Waals surface area contributed by atoms with E-state index in [4.69, 9.17) is 0 Å². The van der Waals surface area contributed by atoms with Crippen molar-refractivity contribution in [3.63, 3.8) is 0 Å². The summed E-state index contributed by atoms with van der Waals surface area (Å²) in [5.41, 5.74) is 2.14. The second-order valence-corrected chi connectivity index (χ2v) is 6.32. The molecule has 1 fully saturated rings. The molecule has 3 heteroatoms. The van der Waals surface area contributed by atoms with Crippen LogP contribution in [0.15, 0.2) is 24.3 Å². The van der Waals surface area contributed by atoms with Crippen LogP contribution in [0.25, 0.3) is 0 Å². The van der Waals surface area contributed by atoms with Crippen molar-refractivity contribution in [1.29, 1.82) is 0 Å². The Bertz CT molecular complexity index is 454. The Balaban J connectivity index is 2.00. The van der Waals surface area contributed by atoms with Gasteiger partial charge in [0.05, 0.1) is 0 Å². The van der Waals surface area contributed by atoms with Crippen LogP contribution in [0.4, 0.5) is 0 Å². The second-order valence-electron chi connectivity index (χ2n) is 6.32. The van der Waals surface area contributed by atoms with Gasteiger partial charge < -0.3 is 4.90 Å². The first-order valence-corrected chi connectivity index (χ1v) is 6.99. The molecule has 1 saturated heterocycles. The van der Waals surface area contributed by atoms with E-state index >= 15 is 0 Å². The molecule has 1 amide bonds. The standard InChI is InChI=1S/C16H24N2O/c1-13-6-5-7-14(12-13)15(19)17-8-10-18(11-9-17)16(2,3)4/h5-7,12H,8-11H2,1-4H3. The summed E-state index contributed by atoms with van der Waals surface area (Å²) in [6.45, 7) is 12.3. The average Bonchev–Trinajstić information content (AvgIpc) is 2.37. The van der Waals surface area contributed by atoms with Crippen LogP contribution in [0, 0.1) is 6.92 Å². The lowest BCUT2D eigenvalue weighted by molar-refractivity contribution is 0.0451. The molecule has 3 nitrogen and oxygen atoms in total. The summed E-state index contributed by atoms with van der Waals surface area (Å²) in [4.78, 5) is 16.8. The maximum Gasteiger partial charge on any atom is 0.253 e. The number of rotatable bonds is 1. The van der Waals surface area contributed by atoms with Gasteiger partial charge in [0.15, 0.2) is 0 Å². The van der Waals surface area contributed by atoms with Crippen molar-refractivity contribution >= 4 is 5.91 Å². The third-order valence-electron chi connectivity index (χ3n) is 3.78. The molecule has 0 aromatic heterocycles. The van der Waals surface area contributed by atoms with Gasteiger partial charge in [0.1, 0.15) is 0 Å². The van der Waals surface area contributed by atoms with Gasteiger partial charge in [0, 0.05) is 37.3 Å². The highest BCUT2D eigenvalue weighted by Gasteiger charge is 2.28. The van der Waals surface area contributed by atoms with Crippen LogP contribution >= 0.6 is 0 Å². The lowest BCUT2D eigenvalue weighted by Gasteiger charge is -2.42. The van der Waals surface area contributed by atoms with Gasteiger partial charge in [0.25, 0.3) is 5.91 Å². The van der Waals surface area contributed by atoms with Crippen molar-refractivity contribution in [2.75, 3.05) is 26.2 Å². The maximum absolute atomic E-state index is 12.4. The molecule has 1 aromatic carbocycles. The Hall–Kier alpha value is -1.35. The van der Waals surface area contributed by atoms with E-state index in [2.05, 4.69) is 25.7 Å². The minimum Gasteiger partial charge on any atom is -0.336 e. The minimum absolute atomic E-state index is 0.164. The first-order chi connectivity index (χ1) is 8.88. The van der Waals surface area contributed by atoms with E-state index in [0.717, 1.165) is 37.3 Å². The normalized spacial score (nSPS) is 17.6. The SMILES string of the molecule is Cc1cccc(C(=O)N2CCN(C(C)(C)C)CC2)c1. The van der Waals surface area contributed by atoms with Crippen LogP contribution in [0.3, 0.4) is 0 Å². The molecule has 1 aliphatic heterocycles. The highest BCUT2D eigenvalue weighted by atomic mass is 16.2. The minimum atomic E-state index is 0.164. The third kappa shape index (κ3) is 3.35. The van der Waals surface area contributed by atoms with Crippen molar-refractivity contribution in [3.8, 4) is 0 Å². The van der Waals surface area contributed by atoms with E-state index in [1.807, 2.05) is 36.1 Å². The third-order valence-corrected chi connectivity index (χ3v) is 3.78. The molecule has 0 atom stereocenters. The monoisotopic (exact) mass is 260 g/mol. The molecule has 0 radical (unpaired) electrons. The van der Waals surface area contributed by atoms with Crippen molar-refractivity contribution < 1.29 is 4.79 Å². The number of carbonyl (C=O) groups is 1. The molecule has 1 aromatic rings. The summed E-state index contributed by atoms with van der Waals surface area (Å²) in [5.74, 6) is 0.164. The summed E-state index contributed by atoms with van der Waals surface area (Å²) in [7, 11) is 0. The van der Waals surface area contributed by atoms with E-state index in [0.29, 0.717) is 0 Å².